The normalized spacial score (nSPS) is 16.5. The third kappa shape index (κ3) is 4.49. The van der Waals surface area contributed by atoms with E-state index in [2.05, 4.69) is 41.4 Å². The van der Waals surface area contributed by atoms with Crippen molar-refractivity contribution in [3.8, 4) is 0 Å². The summed E-state index contributed by atoms with van der Waals surface area (Å²) in [7, 11) is -1.94. The lowest BCUT2D eigenvalue weighted by molar-refractivity contribution is -0.385. The number of hydrogen-bond acceptors (Lipinski definition) is 7. The van der Waals surface area contributed by atoms with Crippen molar-refractivity contribution in [1.29, 1.82) is 0 Å². The SMILES string of the molecule is CCN(CC)S(=O)(=O)c1cc([N+](=O)[O-])ccc1NN=CC=C1N(C)c2ccccc2C1(C)C. The number of likely N-dealkylation sites (N-methyl/N-ethyl adjacent to an activating group) is 1. The zero-order chi connectivity index (χ0) is 24.4. The first-order chi connectivity index (χ1) is 15.6. The molecule has 10 heteroatoms. The molecule has 33 heavy (non-hydrogen) atoms. The second-order valence-corrected chi connectivity index (χ2v) is 10.1. The molecule has 0 saturated carbocycles. The molecule has 1 N–H and O–H groups in total. The molecule has 0 radical (unpaired) electrons. The maximum Gasteiger partial charge on any atom is 0.270 e. The number of nitrogens with zero attached hydrogens (tertiary/aromatic N) is 4. The molecule has 0 saturated heterocycles. The second kappa shape index (κ2) is 9.32. The van der Waals surface area contributed by atoms with Gasteiger partial charge in [0.25, 0.3) is 5.69 Å². The Balaban J connectivity index is 1.93. The summed E-state index contributed by atoms with van der Waals surface area (Å²) in [5, 5.41) is 15.4. The summed E-state index contributed by atoms with van der Waals surface area (Å²) in [4.78, 5) is 12.5. The number of hydrazone groups is 1. The summed E-state index contributed by atoms with van der Waals surface area (Å²) in [5.74, 6) is 0. The Labute approximate surface area is 194 Å². The van der Waals surface area contributed by atoms with E-state index in [-0.39, 0.29) is 34.8 Å². The molecule has 1 aliphatic heterocycles. The van der Waals surface area contributed by atoms with E-state index >= 15 is 0 Å². The minimum atomic E-state index is -3.94. The smallest absolute Gasteiger partial charge is 0.270 e. The summed E-state index contributed by atoms with van der Waals surface area (Å²) in [6, 6.07) is 11.9. The number of hydrogen-bond donors (Lipinski definition) is 1. The lowest BCUT2D eigenvalue weighted by Crippen LogP contribution is -2.31. The highest BCUT2D eigenvalue weighted by atomic mass is 32.2. The summed E-state index contributed by atoms with van der Waals surface area (Å²) < 4.78 is 27.4. The molecule has 0 unspecified atom stereocenters. The van der Waals surface area contributed by atoms with Crippen molar-refractivity contribution in [2.45, 2.75) is 38.0 Å². The zero-order valence-electron chi connectivity index (χ0n) is 19.4. The maximum absolute atomic E-state index is 13.1. The Hall–Kier alpha value is -3.24. The minimum absolute atomic E-state index is 0.171. The molecule has 1 heterocycles. The monoisotopic (exact) mass is 471 g/mol. The average Bonchev–Trinajstić information content (AvgIpc) is 2.97. The molecule has 0 amide bonds. The standard InChI is InChI=1S/C23H29N5O4S/c1-6-27(7-2)33(31,32)21-16-17(28(29)30)12-13-19(21)25-24-15-14-22-23(3,4)18-10-8-9-11-20(18)26(22)5/h8-16,25H,6-7H2,1-5H3. The third-order valence-electron chi connectivity index (χ3n) is 5.93. The third-order valence-corrected chi connectivity index (χ3v) is 8.02. The summed E-state index contributed by atoms with van der Waals surface area (Å²) >= 11 is 0. The fraction of sp³-hybridized carbons (Fsp3) is 0.348. The highest BCUT2D eigenvalue weighted by Gasteiger charge is 2.37. The van der Waals surface area contributed by atoms with Gasteiger partial charge in [-0.1, -0.05) is 45.9 Å². The molecule has 0 fully saturated rings. The number of sulfonamides is 1. The van der Waals surface area contributed by atoms with E-state index in [1.165, 1.54) is 22.0 Å². The van der Waals surface area contributed by atoms with Gasteiger partial charge in [0.2, 0.25) is 10.0 Å². The number of fused-ring (bicyclic) bond motifs is 1. The Kier molecular flexibility index (Phi) is 6.89. The number of allylic oxidation sites excluding steroid dienone is 2. The lowest BCUT2D eigenvalue weighted by Gasteiger charge is -2.23. The van der Waals surface area contributed by atoms with E-state index < -0.39 is 14.9 Å². The van der Waals surface area contributed by atoms with Crippen LogP contribution in [0.15, 0.2) is 64.2 Å². The van der Waals surface area contributed by atoms with Gasteiger partial charge in [-0.3, -0.25) is 15.5 Å². The van der Waals surface area contributed by atoms with E-state index in [0.717, 1.165) is 17.5 Å². The van der Waals surface area contributed by atoms with Crippen LogP contribution in [0.1, 0.15) is 33.3 Å². The van der Waals surface area contributed by atoms with Crippen LogP contribution in [0.25, 0.3) is 0 Å². The molecule has 0 bridgehead atoms. The van der Waals surface area contributed by atoms with Crippen molar-refractivity contribution in [3.05, 3.63) is 69.9 Å². The second-order valence-electron chi connectivity index (χ2n) is 8.17. The number of nitro groups is 1. The Morgan fingerprint density at radius 3 is 2.45 bits per heavy atom. The van der Waals surface area contributed by atoms with E-state index in [1.807, 2.05) is 25.3 Å². The molecular formula is C23H29N5O4S. The largest absolute Gasteiger partial charge is 0.347 e. The van der Waals surface area contributed by atoms with Crippen LogP contribution < -0.4 is 10.3 Å². The lowest BCUT2D eigenvalue weighted by atomic mass is 9.84. The van der Waals surface area contributed by atoms with Crippen LogP contribution in [0.4, 0.5) is 17.1 Å². The van der Waals surface area contributed by atoms with Gasteiger partial charge < -0.3 is 4.90 Å². The van der Waals surface area contributed by atoms with Crippen LogP contribution in [-0.2, 0) is 15.4 Å². The summed E-state index contributed by atoms with van der Waals surface area (Å²) in [6.07, 6.45) is 3.44. The summed E-state index contributed by atoms with van der Waals surface area (Å²) in [5.41, 5.74) is 5.77. The molecule has 0 aliphatic carbocycles. The zero-order valence-corrected chi connectivity index (χ0v) is 20.3. The van der Waals surface area contributed by atoms with Gasteiger partial charge in [0.05, 0.1) is 10.6 Å². The molecule has 9 nitrogen and oxygen atoms in total. The van der Waals surface area contributed by atoms with Crippen molar-refractivity contribution >= 4 is 33.3 Å². The number of non-ortho nitro benzene ring substituents is 1. The van der Waals surface area contributed by atoms with Gasteiger partial charge in [-0.2, -0.15) is 9.41 Å². The topological polar surface area (TPSA) is 108 Å². The van der Waals surface area contributed by atoms with Crippen molar-refractivity contribution in [2.75, 3.05) is 30.5 Å². The number of para-hydroxylation sites is 1. The number of nitrogens with one attached hydrogen (secondary N) is 1. The number of anilines is 2. The van der Waals surface area contributed by atoms with Crippen LogP contribution in [0, 0.1) is 10.1 Å². The van der Waals surface area contributed by atoms with E-state index in [9.17, 15) is 18.5 Å². The molecule has 0 spiro atoms. The molecule has 1 aliphatic rings. The number of rotatable bonds is 8. The van der Waals surface area contributed by atoms with Gasteiger partial charge >= 0.3 is 0 Å². The first kappa shape index (κ1) is 24.4. The van der Waals surface area contributed by atoms with Crippen molar-refractivity contribution in [3.63, 3.8) is 0 Å². The van der Waals surface area contributed by atoms with Gasteiger partial charge in [0.15, 0.2) is 0 Å². The van der Waals surface area contributed by atoms with Crippen molar-refractivity contribution in [2.24, 2.45) is 5.10 Å². The van der Waals surface area contributed by atoms with Crippen molar-refractivity contribution in [1.82, 2.24) is 4.31 Å². The number of nitro benzene ring substituents is 1. The van der Waals surface area contributed by atoms with Crippen LogP contribution in [0.3, 0.4) is 0 Å². The van der Waals surface area contributed by atoms with Gasteiger partial charge in [-0.05, 0) is 23.8 Å². The van der Waals surface area contributed by atoms with Crippen LogP contribution >= 0.6 is 0 Å². The first-order valence-corrected chi connectivity index (χ1v) is 12.1. The van der Waals surface area contributed by atoms with E-state index in [4.69, 9.17) is 0 Å². The molecule has 176 valence electrons. The molecule has 2 aromatic carbocycles. The number of benzene rings is 2. The quantitative estimate of drug-likeness (QED) is 0.349. The fourth-order valence-corrected chi connectivity index (χ4v) is 5.77. The maximum atomic E-state index is 13.1. The van der Waals surface area contributed by atoms with Crippen molar-refractivity contribution < 1.29 is 13.3 Å². The predicted octanol–water partition coefficient (Wildman–Crippen LogP) is 4.33. The van der Waals surface area contributed by atoms with E-state index in [1.54, 1.807) is 20.1 Å². The summed E-state index contributed by atoms with van der Waals surface area (Å²) in [6.45, 7) is 8.19. The molecule has 3 rings (SSSR count). The molecular weight excluding hydrogens is 442 g/mol. The van der Waals surface area contributed by atoms with Gasteiger partial charge in [0, 0.05) is 55.3 Å². The van der Waals surface area contributed by atoms with Gasteiger partial charge in [0.1, 0.15) is 4.90 Å². The fourth-order valence-electron chi connectivity index (χ4n) is 4.15. The van der Waals surface area contributed by atoms with Crippen LogP contribution in [0.2, 0.25) is 0 Å². The average molecular weight is 472 g/mol. The molecule has 0 atom stereocenters. The Bertz CT molecular complexity index is 1220. The Morgan fingerprint density at radius 2 is 1.85 bits per heavy atom. The van der Waals surface area contributed by atoms with Gasteiger partial charge in [-0.25, -0.2) is 8.42 Å². The van der Waals surface area contributed by atoms with Crippen LogP contribution in [-0.4, -0.2) is 44.0 Å². The van der Waals surface area contributed by atoms with Crippen LogP contribution in [0.5, 0.6) is 0 Å². The van der Waals surface area contributed by atoms with Gasteiger partial charge in [-0.15, -0.1) is 0 Å². The Morgan fingerprint density at radius 1 is 1.18 bits per heavy atom. The first-order valence-electron chi connectivity index (χ1n) is 10.7. The minimum Gasteiger partial charge on any atom is -0.347 e. The molecule has 0 aromatic heterocycles. The highest BCUT2D eigenvalue weighted by molar-refractivity contribution is 7.89. The predicted molar refractivity (Wildman–Crippen MR) is 131 cm³/mol. The van der Waals surface area contributed by atoms with E-state index in [0.29, 0.717) is 0 Å². The highest BCUT2D eigenvalue weighted by Crippen LogP contribution is 2.46. The molecule has 2 aromatic rings.